The van der Waals surface area contributed by atoms with Crippen molar-refractivity contribution in [2.75, 3.05) is 0 Å². The summed E-state index contributed by atoms with van der Waals surface area (Å²) in [6, 6.07) is 2.94. The van der Waals surface area contributed by atoms with Gasteiger partial charge in [0.1, 0.15) is 17.7 Å². The molecule has 2 aromatic heterocycles. The van der Waals surface area contributed by atoms with Gasteiger partial charge in [0.2, 0.25) is 0 Å². The van der Waals surface area contributed by atoms with Crippen LogP contribution in [-0.2, 0) is 0 Å². The molecule has 1 N–H and O–H groups in total. The Morgan fingerprint density at radius 3 is 2.58 bits per heavy atom. The first kappa shape index (κ1) is 11.7. The van der Waals surface area contributed by atoms with E-state index in [0.29, 0.717) is 11.1 Å². The maximum absolute atomic E-state index is 13.2. The highest BCUT2D eigenvalue weighted by molar-refractivity contribution is 5.54. The third-order valence-electron chi connectivity index (χ3n) is 2.85. The molecule has 1 aromatic carbocycles. The van der Waals surface area contributed by atoms with Crippen molar-refractivity contribution in [2.45, 2.75) is 6.10 Å². The highest BCUT2D eigenvalue weighted by Gasteiger charge is 2.17. The minimum Gasteiger partial charge on any atom is -0.384 e. The van der Waals surface area contributed by atoms with Gasteiger partial charge in [0.25, 0.3) is 0 Å². The van der Waals surface area contributed by atoms with Crippen LogP contribution in [-0.4, -0.2) is 19.7 Å². The average Bonchev–Trinajstić information content (AvgIpc) is 2.80. The van der Waals surface area contributed by atoms with E-state index >= 15 is 0 Å². The molecular weight excluding hydrogens is 252 g/mol. The Balaban J connectivity index is 2.10. The number of hydrogen-bond donors (Lipinski definition) is 1. The molecular formula is C13H9F2N3O. The molecule has 0 radical (unpaired) electrons. The molecule has 0 aliphatic carbocycles. The normalized spacial score (nSPS) is 12.8. The van der Waals surface area contributed by atoms with E-state index in [4.69, 9.17) is 0 Å². The lowest BCUT2D eigenvalue weighted by Crippen LogP contribution is -2.01. The van der Waals surface area contributed by atoms with Crippen LogP contribution in [0.5, 0.6) is 0 Å². The molecule has 3 aromatic rings. The number of aliphatic hydroxyl groups is 1. The summed E-state index contributed by atoms with van der Waals surface area (Å²) in [6.45, 7) is 0. The van der Waals surface area contributed by atoms with Gasteiger partial charge in [0, 0.05) is 24.0 Å². The third kappa shape index (κ3) is 2.06. The van der Waals surface area contributed by atoms with Crippen LogP contribution in [0.15, 0.2) is 43.0 Å². The Morgan fingerprint density at radius 2 is 1.84 bits per heavy atom. The number of aliphatic hydroxyl groups excluding tert-OH is 1. The van der Waals surface area contributed by atoms with Crippen molar-refractivity contribution in [1.82, 2.24) is 14.6 Å². The zero-order valence-electron chi connectivity index (χ0n) is 9.66. The fraction of sp³-hybridized carbons (Fsp3) is 0.0769. The number of fused-ring (bicyclic) bond motifs is 1. The minimum atomic E-state index is -1.16. The Hall–Kier alpha value is -2.34. The van der Waals surface area contributed by atoms with Gasteiger partial charge in [-0.05, 0) is 17.7 Å². The summed E-state index contributed by atoms with van der Waals surface area (Å²) < 4.78 is 27.8. The van der Waals surface area contributed by atoms with E-state index in [1.165, 1.54) is 16.9 Å². The lowest BCUT2D eigenvalue weighted by molar-refractivity contribution is 0.220. The SMILES string of the molecule is OC(c1cc(F)cc(F)c1)c1cnn2ccncc12. The average molecular weight is 261 g/mol. The summed E-state index contributed by atoms with van der Waals surface area (Å²) in [6.07, 6.45) is 4.99. The highest BCUT2D eigenvalue weighted by Crippen LogP contribution is 2.26. The first-order valence-electron chi connectivity index (χ1n) is 5.56. The number of hydrogen-bond acceptors (Lipinski definition) is 3. The van der Waals surface area contributed by atoms with E-state index in [-0.39, 0.29) is 5.56 Å². The quantitative estimate of drug-likeness (QED) is 0.768. The van der Waals surface area contributed by atoms with Gasteiger partial charge < -0.3 is 5.11 Å². The largest absolute Gasteiger partial charge is 0.384 e. The molecule has 0 fully saturated rings. The number of aromatic nitrogens is 3. The standard InChI is InChI=1S/C13H9F2N3O/c14-9-3-8(4-10(15)5-9)13(19)11-6-17-18-2-1-16-7-12(11)18/h1-7,13,19H. The van der Waals surface area contributed by atoms with Crippen LogP contribution in [0.1, 0.15) is 17.2 Å². The molecule has 0 spiro atoms. The molecule has 4 nitrogen and oxygen atoms in total. The fourth-order valence-electron chi connectivity index (χ4n) is 1.98. The molecule has 0 bridgehead atoms. The summed E-state index contributed by atoms with van der Waals surface area (Å²) >= 11 is 0. The van der Waals surface area contributed by atoms with Gasteiger partial charge in [-0.1, -0.05) is 0 Å². The predicted molar refractivity (Wildman–Crippen MR) is 63.4 cm³/mol. The maximum Gasteiger partial charge on any atom is 0.126 e. The number of rotatable bonds is 2. The predicted octanol–water partition coefficient (Wildman–Crippen LogP) is 2.09. The van der Waals surface area contributed by atoms with E-state index in [0.717, 1.165) is 18.2 Å². The Labute approximate surface area is 107 Å². The van der Waals surface area contributed by atoms with Crippen molar-refractivity contribution < 1.29 is 13.9 Å². The van der Waals surface area contributed by atoms with Crippen LogP contribution >= 0.6 is 0 Å². The van der Waals surface area contributed by atoms with E-state index in [9.17, 15) is 13.9 Å². The van der Waals surface area contributed by atoms with Crippen LogP contribution in [0.4, 0.5) is 8.78 Å². The Kier molecular flexibility index (Phi) is 2.72. The molecule has 19 heavy (non-hydrogen) atoms. The van der Waals surface area contributed by atoms with Crippen molar-refractivity contribution in [3.05, 3.63) is 65.7 Å². The van der Waals surface area contributed by atoms with Gasteiger partial charge in [-0.15, -0.1) is 0 Å². The molecule has 0 saturated heterocycles. The maximum atomic E-state index is 13.2. The van der Waals surface area contributed by atoms with Gasteiger partial charge in [-0.25, -0.2) is 13.3 Å². The van der Waals surface area contributed by atoms with E-state index in [2.05, 4.69) is 10.1 Å². The first-order chi connectivity index (χ1) is 9.15. The second kappa shape index (κ2) is 4.40. The second-order valence-corrected chi connectivity index (χ2v) is 4.11. The molecule has 0 amide bonds. The van der Waals surface area contributed by atoms with E-state index < -0.39 is 17.7 Å². The van der Waals surface area contributed by atoms with Crippen LogP contribution in [0, 0.1) is 11.6 Å². The summed E-state index contributed by atoms with van der Waals surface area (Å²) in [5.41, 5.74) is 1.16. The highest BCUT2D eigenvalue weighted by atomic mass is 19.1. The number of halogens is 2. The number of nitrogens with zero attached hydrogens (tertiary/aromatic N) is 3. The van der Waals surface area contributed by atoms with Crippen molar-refractivity contribution in [3.63, 3.8) is 0 Å². The van der Waals surface area contributed by atoms with Crippen molar-refractivity contribution in [3.8, 4) is 0 Å². The van der Waals surface area contributed by atoms with Crippen molar-refractivity contribution in [2.24, 2.45) is 0 Å². The van der Waals surface area contributed by atoms with Crippen LogP contribution < -0.4 is 0 Å². The molecule has 1 unspecified atom stereocenters. The van der Waals surface area contributed by atoms with Crippen LogP contribution in [0.3, 0.4) is 0 Å². The fourth-order valence-corrected chi connectivity index (χ4v) is 1.98. The zero-order chi connectivity index (χ0) is 13.4. The monoisotopic (exact) mass is 261 g/mol. The molecule has 3 rings (SSSR count). The Morgan fingerprint density at radius 1 is 1.11 bits per heavy atom. The van der Waals surface area contributed by atoms with Gasteiger partial charge in [0.05, 0.1) is 17.9 Å². The molecule has 0 aliphatic rings. The molecule has 1 atom stereocenters. The van der Waals surface area contributed by atoms with Crippen molar-refractivity contribution >= 4 is 5.52 Å². The lowest BCUT2D eigenvalue weighted by atomic mass is 10.0. The minimum absolute atomic E-state index is 0.135. The summed E-state index contributed by atoms with van der Waals surface area (Å²) in [5.74, 6) is -1.47. The third-order valence-corrected chi connectivity index (χ3v) is 2.85. The van der Waals surface area contributed by atoms with E-state index in [1.54, 1.807) is 12.4 Å². The smallest absolute Gasteiger partial charge is 0.126 e. The second-order valence-electron chi connectivity index (χ2n) is 4.11. The number of benzene rings is 1. The van der Waals surface area contributed by atoms with Crippen molar-refractivity contribution in [1.29, 1.82) is 0 Å². The Bertz CT molecular complexity index is 721. The van der Waals surface area contributed by atoms with Crippen LogP contribution in [0.2, 0.25) is 0 Å². The molecule has 6 heteroatoms. The molecule has 0 saturated carbocycles. The van der Waals surface area contributed by atoms with Gasteiger partial charge >= 0.3 is 0 Å². The van der Waals surface area contributed by atoms with Gasteiger partial charge in [-0.3, -0.25) is 4.98 Å². The summed E-state index contributed by atoms with van der Waals surface area (Å²) in [4.78, 5) is 3.94. The van der Waals surface area contributed by atoms with Gasteiger partial charge in [0.15, 0.2) is 0 Å². The molecule has 96 valence electrons. The molecule has 0 aliphatic heterocycles. The molecule has 2 heterocycles. The van der Waals surface area contributed by atoms with Gasteiger partial charge in [-0.2, -0.15) is 5.10 Å². The van der Waals surface area contributed by atoms with Crippen LogP contribution in [0.25, 0.3) is 5.52 Å². The lowest BCUT2D eigenvalue weighted by Gasteiger charge is -2.10. The topological polar surface area (TPSA) is 50.4 Å². The van der Waals surface area contributed by atoms with E-state index in [1.807, 2.05) is 0 Å². The first-order valence-corrected chi connectivity index (χ1v) is 5.56. The summed E-state index contributed by atoms with van der Waals surface area (Å²) in [5, 5.41) is 14.3. The zero-order valence-corrected chi connectivity index (χ0v) is 9.66. The summed E-state index contributed by atoms with van der Waals surface area (Å²) in [7, 11) is 0.